The lowest BCUT2D eigenvalue weighted by Crippen LogP contribution is -2.44. The first-order valence-electron chi connectivity index (χ1n) is 9.60. The quantitative estimate of drug-likeness (QED) is 0.516. The van der Waals surface area contributed by atoms with Gasteiger partial charge in [-0.2, -0.15) is 0 Å². The number of aryl methyl sites for hydroxylation is 2. The van der Waals surface area contributed by atoms with Gasteiger partial charge in [-0.3, -0.25) is 9.59 Å². The number of esters is 2. The van der Waals surface area contributed by atoms with Crippen LogP contribution in [0.1, 0.15) is 55.9 Å². The highest BCUT2D eigenvalue weighted by molar-refractivity contribution is 5.75. The van der Waals surface area contributed by atoms with Crippen molar-refractivity contribution in [1.29, 1.82) is 0 Å². The molecule has 2 unspecified atom stereocenters. The Labute approximate surface area is 166 Å². The maximum absolute atomic E-state index is 12.8. The van der Waals surface area contributed by atoms with Gasteiger partial charge < -0.3 is 18.9 Å². The van der Waals surface area contributed by atoms with Crippen LogP contribution in [0.4, 0.5) is 0 Å². The topological polar surface area (TPSA) is 71.1 Å². The average molecular weight is 390 g/mol. The molecule has 2 atom stereocenters. The van der Waals surface area contributed by atoms with Crippen molar-refractivity contribution in [3.8, 4) is 0 Å². The zero-order valence-electron chi connectivity index (χ0n) is 17.8. The van der Waals surface area contributed by atoms with Crippen molar-refractivity contribution in [2.75, 3.05) is 14.2 Å². The fraction of sp³-hybridized carbons (Fsp3) is 0.545. The van der Waals surface area contributed by atoms with Gasteiger partial charge >= 0.3 is 17.7 Å². The fourth-order valence-corrected chi connectivity index (χ4v) is 3.17. The highest BCUT2D eigenvalue weighted by atomic mass is 16.7. The Bertz CT molecular complexity index is 794. The fourth-order valence-electron chi connectivity index (χ4n) is 3.17. The lowest BCUT2D eigenvalue weighted by molar-refractivity contribution is -0.236. The maximum atomic E-state index is 12.8. The molecule has 154 valence electrons. The summed E-state index contributed by atoms with van der Waals surface area (Å²) >= 11 is 0. The molecule has 0 aromatic heterocycles. The van der Waals surface area contributed by atoms with Crippen LogP contribution < -0.4 is 0 Å². The van der Waals surface area contributed by atoms with Crippen LogP contribution in [0.15, 0.2) is 23.7 Å². The number of fused-ring (bicyclic) bond motifs is 1. The molecule has 6 nitrogen and oxygen atoms in total. The lowest BCUT2D eigenvalue weighted by atomic mass is 9.86. The molecule has 0 fully saturated rings. The molecule has 1 aliphatic rings. The van der Waals surface area contributed by atoms with Crippen LogP contribution in [0, 0.1) is 19.8 Å². The van der Waals surface area contributed by atoms with E-state index in [1.54, 1.807) is 13.8 Å². The van der Waals surface area contributed by atoms with Gasteiger partial charge in [0.05, 0.1) is 20.1 Å². The van der Waals surface area contributed by atoms with Crippen LogP contribution in [0.5, 0.6) is 0 Å². The molecule has 0 saturated heterocycles. The van der Waals surface area contributed by atoms with Gasteiger partial charge in [-0.1, -0.05) is 26.8 Å². The Morgan fingerprint density at radius 2 is 1.71 bits per heavy atom. The summed E-state index contributed by atoms with van der Waals surface area (Å²) in [6.07, 6.45) is 1.17. The molecule has 0 heterocycles. The summed E-state index contributed by atoms with van der Waals surface area (Å²) in [6, 6.07) is 3.89. The molecule has 28 heavy (non-hydrogen) atoms. The molecule has 0 aliphatic heterocycles. The van der Waals surface area contributed by atoms with Gasteiger partial charge in [-0.15, -0.1) is 0 Å². The van der Waals surface area contributed by atoms with Crippen LogP contribution in [0.2, 0.25) is 0 Å². The molecule has 1 aliphatic carbocycles. The molecule has 1 aromatic carbocycles. The van der Waals surface area contributed by atoms with Crippen molar-refractivity contribution < 1.29 is 28.5 Å². The smallest absolute Gasteiger partial charge is 0.346 e. The van der Waals surface area contributed by atoms with Gasteiger partial charge in [0.2, 0.25) is 5.76 Å². The first kappa shape index (κ1) is 21.8. The van der Waals surface area contributed by atoms with Gasteiger partial charge in [0.25, 0.3) is 0 Å². The second-order valence-corrected chi connectivity index (χ2v) is 7.11. The Morgan fingerprint density at radius 3 is 2.25 bits per heavy atom. The summed E-state index contributed by atoms with van der Waals surface area (Å²) in [5, 5.41) is 0. The van der Waals surface area contributed by atoms with E-state index in [0.717, 1.165) is 16.7 Å². The van der Waals surface area contributed by atoms with Crippen molar-refractivity contribution in [3.63, 3.8) is 0 Å². The highest BCUT2D eigenvalue weighted by Crippen LogP contribution is 2.45. The molecule has 0 spiro atoms. The zero-order chi connectivity index (χ0) is 21.1. The minimum Gasteiger partial charge on any atom is -0.497 e. The first-order chi connectivity index (χ1) is 13.2. The van der Waals surface area contributed by atoms with Crippen molar-refractivity contribution in [2.45, 2.75) is 59.7 Å². The van der Waals surface area contributed by atoms with E-state index in [0.29, 0.717) is 24.2 Å². The summed E-state index contributed by atoms with van der Waals surface area (Å²) in [6.45, 7) is 9.31. The van der Waals surface area contributed by atoms with Gasteiger partial charge in [0, 0.05) is 18.4 Å². The first-order valence-corrected chi connectivity index (χ1v) is 9.60. The predicted molar refractivity (Wildman–Crippen MR) is 104 cm³/mol. The summed E-state index contributed by atoms with van der Waals surface area (Å²) in [4.78, 5) is 25.2. The Hall–Kier alpha value is -2.50. The summed E-state index contributed by atoms with van der Waals surface area (Å²) < 4.78 is 22.9. The second-order valence-electron chi connectivity index (χ2n) is 7.11. The normalized spacial score (nSPS) is 19.5. The number of methoxy groups -OCH3 is 2. The molecule has 0 radical (unpaired) electrons. The predicted octanol–water partition coefficient (Wildman–Crippen LogP) is 4.06. The van der Waals surface area contributed by atoms with E-state index in [9.17, 15) is 9.59 Å². The maximum Gasteiger partial charge on any atom is 0.346 e. The zero-order valence-corrected chi connectivity index (χ0v) is 17.8. The molecule has 2 rings (SSSR count). The van der Waals surface area contributed by atoms with Crippen LogP contribution in [-0.4, -0.2) is 26.2 Å². The van der Waals surface area contributed by atoms with E-state index in [1.165, 1.54) is 14.2 Å². The third-order valence-electron chi connectivity index (χ3n) is 5.23. The number of rotatable bonds is 7. The molecule has 0 N–H and O–H groups in total. The lowest BCUT2D eigenvalue weighted by Gasteiger charge is -2.39. The van der Waals surface area contributed by atoms with Crippen molar-refractivity contribution in [3.05, 3.63) is 45.9 Å². The largest absolute Gasteiger partial charge is 0.497 e. The number of benzene rings is 1. The molecule has 6 heteroatoms. The summed E-state index contributed by atoms with van der Waals surface area (Å²) in [5.41, 5.74) is 3.53. The van der Waals surface area contributed by atoms with Crippen molar-refractivity contribution in [1.82, 2.24) is 0 Å². The van der Waals surface area contributed by atoms with Crippen LogP contribution in [-0.2, 0) is 40.7 Å². The van der Waals surface area contributed by atoms with Crippen molar-refractivity contribution in [2.24, 2.45) is 5.92 Å². The van der Waals surface area contributed by atoms with Crippen LogP contribution in [0.3, 0.4) is 0 Å². The van der Waals surface area contributed by atoms with Crippen LogP contribution in [0.25, 0.3) is 0 Å². The number of allylic oxidation sites excluding steroid dienone is 1. The molecule has 0 saturated carbocycles. The molecular weight excluding hydrogens is 360 g/mol. The number of carbonyl (C=O) groups excluding carboxylic acids is 2. The molecule has 0 bridgehead atoms. The Kier molecular flexibility index (Phi) is 6.75. The number of ether oxygens (including phenoxy) is 4. The van der Waals surface area contributed by atoms with E-state index >= 15 is 0 Å². The van der Waals surface area contributed by atoms with Gasteiger partial charge in [-0.05, 0) is 43.0 Å². The number of carbonyl (C=O) groups is 2. The molecular formula is C22H30O6. The SMILES string of the molecule is CCC(=O)OC1(OC(=O)C(C)CC)C(OC)=C(OC)Cc2cc(C)c(C)cc21. The summed E-state index contributed by atoms with van der Waals surface area (Å²) in [7, 11) is 2.97. The standard InChI is InChI=1S/C22H30O6/c1-8-13(3)21(24)28-22(27-19(23)9-2)17-11-15(5)14(4)10-16(17)12-18(25-6)20(22)26-7/h10-11,13H,8-9,12H2,1-7H3. The van der Waals surface area contributed by atoms with E-state index in [2.05, 4.69) is 0 Å². The average Bonchev–Trinajstić information content (AvgIpc) is 2.68. The van der Waals surface area contributed by atoms with Gasteiger partial charge in [-0.25, -0.2) is 0 Å². The minimum absolute atomic E-state index is 0.127. The van der Waals surface area contributed by atoms with Gasteiger partial charge in [0.1, 0.15) is 5.76 Å². The van der Waals surface area contributed by atoms with Crippen LogP contribution >= 0.6 is 0 Å². The van der Waals surface area contributed by atoms with E-state index in [1.807, 2.05) is 32.9 Å². The van der Waals surface area contributed by atoms with E-state index < -0.39 is 17.7 Å². The molecule has 1 aromatic rings. The Morgan fingerprint density at radius 1 is 1.07 bits per heavy atom. The third-order valence-corrected chi connectivity index (χ3v) is 5.23. The minimum atomic E-state index is -1.81. The number of hydrogen-bond acceptors (Lipinski definition) is 6. The third kappa shape index (κ3) is 3.86. The Balaban J connectivity index is 2.79. The van der Waals surface area contributed by atoms with Crippen molar-refractivity contribution >= 4 is 11.9 Å². The second kappa shape index (κ2) is 8.67. The van der Waals surface area contributed by atoms with Gasteiger partial charge in [0.15, 0.2) is 0 Å². The highest BCUT2D eigenvalue weighted by Gasteiger charge is 2.52. The monoisotopic (exact) mass is 390 g/mol. The molecule has 0 amide bonds. The summed E-state index contributed by atoms with van der Waals surface area (Å²) in [5.74, 6) is -2.50. The number of hydrogen-bond donors (Lipinski definition) is 0. The van der Waals surface area contributed by atoms with E-state index in [4.69, 9.17) is 18.9 Å². The van der Waals surface area contributed by atoms with E-state index in [-0.39, 0.29) is 18.1 Å².